The number of ether oxygens (including phenoxy) is 1. The van der Waals surface area contributed by atoms with E-state index < -0.39 is 0 Å². The smallest absolute Gasteiger partial charge is 0.303 e. The van der Waals surface area contributed by atoms with Crippen molar-refractivity contribution in [3.05, 3.63) is 17.9 Å². The van der Waals surface area contributed by atoms with Crippen LogP contribution in [0.25, 0.3) is 0 Å². The Labute approximate surface area is 75.1 Å². The van der Waals surface area contributed by atoms with Crippen molar-refractivity contribution in [3.63, 3.8) is 0 Å². The first-order valence-electron chi connectivity index (χ1n) is 3.48. The topological polar surface area (TPSA) is 39.4 Å². The van der Waals surface area contributed by atoms with Gasteiger partial charge < -0.3 is 9.15 Å². The number of thioether (sulfide) groups is 1. The van der Waals surface area contributed by atoms with Crippen LogP contribution in [0.5, 0.6) is 0 Å². The third kappa shape index (κ3) is 2.62. The summed E-state index contributed by atoms with van der Waals surface area (Å²) in [6, 6.07) is 3.65. The number of hydrogen-bond donors (Lipinski definition) is 0. The van der Waals surface area contributed by atoms with Crippen molar-refractivity contribution in [3.8, 4) is 0 Å². The molecule has 0 aliphatic carbocycles. The molecule has 1 aromatic heterocycles. The lowest BCUT2D eigenvalue weighted by atomic mass is 10.5. The van der Waals surface area contributed by atoms with Crippen LogP contribution < -0.4 is 0 Å². The predicted octanol–water partition coefficient (Wildman–Crippen LogP) is 2.06. The van der Waals surface area contributed by atoms with Crippen LogP contribution in [0.4, 0.5) is 0 Å². The fraction of sp³-hybridized carbons (Fsp3) is 0.375. The second kappa shape index (κ2) is 4.21. The van der Waals surface area contributed by atoms with Gasteiger partial charge in [-0.15, -0.1) is 0 Å². The van der Waals surface area contributed by atoms with Crippen LogP contribution in [0.1, 0.15) is 12.7 Å². The van der Waals surface area contributed by atoms with Gasteiger partial charge in [0.25, 0.3) is 0 Å². The number of carbonyl (C=O) groups is 1. The van der Waals surface area contributed by atoms with E-state index in [0.717, 1.165) is 5.09 Å². The Balaban J connectivity index is 2.47. The van der Waals surface area contributed by atoms with Crippen molar-refractivity contribution in [1.82, 2.24) is 0 Å². The molecule has 66 valence electrons. The molecule has 0 spiro atoms. The Morgan fingerprint density at radius 3 is 2.92 bits per heavy atom. The molecule has 0 bridgehead atoms. The molecule has 1 rings (SSSR count). The number of rotatable bonds is 3. The van der Waals surface area contributed by atoms with E-state index in [-0.39, 0.29) is 12.6 Å². The molecule has 0 unspecified atom stereocenters. The predicted molar refractivity (Wildman–Crippen MR) is 46.0 cm³/mol. The average molecular weight is 186 g/mol. The lowest BCUT2D eigenvalue weighted by molar-refractivity contribution is -0.142. The Morgan fingerprint density at radius 1 is 1.67 bits per heavy atom. The van der Waals surface area contributed by atoms with Gasteiger partial charge in [-0.05, 0) is 18.4 Å². The fourth-order valence-electron chi connectivity index (χ4n) is 0.718. The quantitative estimate of drug-likeness (QED) is 0.535. The van der Waals surface area contributed by atoms with Crippen molar-refractivity contribution >= 4 is 17.7 Å². The van der Waals surface area contributed by atoms with Crippen LogP contribution in [-0.2, 0) is 16.1 Å². The third-order valence-electron chi connectivity index (χ3n) is 1.26. The van der Waals surface area contributed by atoms with Crippen molar-refractivity contribution in [2.75, 3.05) is 6.26 Å². The van der Waals surface area contributed by atoms with Gasteiger partial charge in [-0.3, -0.25) is 4.79 Å². The molecule has 0 aliphatic rings. The standard InChI is InChI=1S/C8H10O3S/c1-6(9)10-5-7-3-4-8(11-7)12-2/h3-4H,5H2,1-2H3. The van der Waals surface area contributed by atoms with Crippen molar-refractivity contribution in [2.45, 2.75) is 18.6 Å². The lowest BCUT2D eigenvalue weighted by Crippen LogP contribution is -1.97. The number of furan rings is 1. The maximum Gasteiger partial charge on any atom is 0.303 e. The molecule has 12 heavy (non-hydrogen) atoms. The highest BCUT2D eigenvalue weighted by Crippen LogP contribution is 2.18. The number of hydrogen-bond acceptors (Lipinski definition) is 4. The van der Waals surface area contributed by atoms with Crippen LogP contribution in [0.15, 0.2) is 21.6 Å². The maximum absolute atomic E-state index is 10.4. The Hall–Kier alpha value is -0.900. The lowest BCUT2D eigenvalue weighted by Gasteiger charge is -1.96. The van der Waals surface area contributed by atoms with E-state index in [9.17, 15) is 4.79 Å². The Morgan fingerprint density at radius 2 is 2.42 bits per heavy atom. The van der Waals surface area contributed by atoms with E-state index in [1.165, 1.54) is 18.7 Å². The zero-order valence-corrected chi connectivity index (χ0v) is 7.81. The first kappa shape index (κ1) is 9.19. The molecule has 0 atom stereocenters. The van der Waals surface area contributed by atoms with E-state index in [1.54, 1.807) is 6.07 Å². The molecular formula is C8H10O3S. The maximum atomic E-state index is 10.4. The zero-order valence-electron chi connectivity index (χ0n) is 6.99. The molecule has 1 heterocycles. The van der Waals surface area contributed by atoms with Gasteiger partial charge in [0, 0.05) is 6.92 Å². The largest absolute Gasteiger partial charge is 0.458 e. The molecule has 0 aliphatic heterocycles. The van der Waals surface area contributed by atoms with E-state index in [0.29, 0.717) is 5.76 Å². The fourth-order valence-corrected chi connectivity index (χ4v) is 1.11. The Bertz CT molecular complexity index is 267. The van der Waals surface area contributed by atoms with E-state index >= 15 is 0 Å². The highest BCUT2D eigenvalue weighted by Gasteiger charge is 2.01. The SMILES string of the molecule is CSc1ccc(COC(C)=O)o1. The minimum absolute atomic E-state index is 0.218. The second-order valence-corrected chi connectivity index (χ2v) is 3.02. The van der Waals surface area contributed by atoms with Gasteiger partial charge in [0.05, 0.1) is 0 Å². The summed E-state index contributed by atoms with van der Waals surface area (Å²) in [5.41, 5.74) is 0. The second-order valence-electron chi connectivity index (χ2n) is 2.21. The summed E-state index contributed by atoms with van der Waals surface area (Å²) >= 11 is 1.52. The molecule has 0 radical (unpaired) electrons. The van der Waals surface area contributed by atoms with Gasteiger partial charge in [0.2, 0.25) is 0 Å². The van der Waals surface area contributed by atoms with Gasteiger partial charge in [-0.1, -0.05) is 11.8 Å². The highest BCUT2D eigenvalue weighted by molar-refractivity contribution is 7.98. The molecule has 4 heteroatoms. The van der Waals surface area contributed by atoms with Crippen LogP contribution in [0, 0.1) is 0 Å². The minimum Gasteiger partial charge on any atom is -0.458 e. The van der Waals surface area contributed by atoms with Crippen LogP contribution in [0.3, 0.4) is 0 Å². The molecule has 0 aromatic carbocycles. The summed E-state index contributed by atoms with van der Waals surface area (Å²) in [4.78, 5) is 10.4. The van der Waals surface area contributed by atoms with Crippen LogP contribution in [0.2, 0.25) is 0 Å². The van der Waals surface area contributed by atoms with Crippen molar-refractivity contribution in [2.24, 2.45) is 0 Å². The summed E-state index contributed by atoms with van der Waals surface area (Å²) in [6.07, 6.45) is 1.93. The normalized spacial score (nSPS) is 9.83. The summed E-state index contributed by atoms with van der Waals surface area (Å²) < 4.78 is 10.0. The molecule has 0 fully saturated rings. The first-order valence-corrected chi connectivity index (χ1v) is 4.71. The minimum atomic E-state index is -0.294. The third-order valence-corrected chi connectivity index (χ3v) is 1.88. The van der Waals surface area contributed by atoms with Crippen LogP contribution >= 0.6 is 11.8 Å². The zero-order chi connectivity index (χ0) is 8.97. The van der Waals surface area contributed by atoms with Gasteiger partial charge in [-0.25, -0.2) is 0 Å². The summed E-state index contributed by atoms with van der Waals surface area (Å²) in [5.74, 6) is 0.381. The van der Waals surface area contributed by atoms with E-state index in [2.05, 4.69) is 0 Å². The Kier molecular flexibility index (Phi) is 3.22. The molecular weight excluding hydrogens is 176 g/mol. The molecule has 1 aromatic rings. The van der Waals surface area contributed by atoms with E-state index in [1.807, 2.05) is 12.3 Å². The first-order chi connectivity index (χ1) is 5.72. The number of carbonyl (C=O) groups excluding carboxylic acids is 1. The van der Waals surface area contributed by atoms with E-state index in [4.69, 9.17) is 9.15 Å². The van der Waals surface area contributed by atoms with Gasteiger partial charge in [0.15, 0.2) is 5.09 Å². The average Bonchev–Trinajstić information content (AvgIpc) is 2.48. The monoisotopic (exact) mass is 186 g/mol. The van der Waals surface area contributed by atoms with Crippen molar-refractivity contribution in [1.29, 1.82) is 0 Å². The molecule has 0 saturated carbocycles. The van der Waals surface area contributed by atoms with Crippen molar-refractivity contribution < 1.29 is 13.9 Å². The number of esters is 1. The molecule has 0 saturated heterocycles. The van der Waals surface area contributed by atoms with Gasteiger partial charge in [0.1, 0.15) is 12.4 Å². The summed E-state index contributed by atoms with van der Waals surface area (Å²) in [7, 11) is 0. The molecule has 3 nitrogen and oxygen atoms in total. The van der Waals surface area contributed by atoms with Gasteiger partial charge >= 0.3 is 5.97 Å². The summed E-state index contributed by atoms with van der Waals surface area (Å²) in [5, 5.41) is 0.831. The highest BCUT2D eigenvalue weighted by atomic mass is 32.2. The molecule has 0 amide bonds. The molecule has 0 N–H and O–H groups in total. The van der Waals surface area contributed by atoms with Gasteiger partial charge in [-0.2, -0.15) is 0 Å². The summed E-state index contributed by atoms with van der Waals surface area (Å²) in [6.45, 7) is 1.59. The van der Waals surface area contributed by atoms with Crippen LogP contribution in [-0.4, -0.2) is 12.2 Å².